The molecule has 0 bridgehead atoms. The van der Waals surface area contributed by atoms with Crippen LogP contribution in [0.5, 0.6) is 0 Å². The van der Waals surface area contributed by atoms with Crippen LogP contribution in [0.15, 0.2) is 134 Å². The molecule has 0 heterocycles. The van der Waals surface area contributed by atoms with Gasteiger partial charge in [0, 0.05) is 19.3 Å². The second kappa shape index (κ2) is 52.2. The lowest BCUT2D eigenvalue weighted by Gasteiger charge is -2.18. The van der Waals surface area contributed by atoms with E-state index in [9.17, 15) is 14.4 Å². The van der Waals surface area contributed by atoms with E-state index >= 15 is 0 Å². The largest absolute Gasteiger partial charge is 0.462 e. The number of hydrogen-bond acceptors (Lipinski definition) is 6. The van der Waals surface area contributed by atoms with Gasteiger partial charge in [-0.2, -0.15) is 0 Å². The first-order valence-electron chi connectivity index (χ1n) is 25.8. The normalized spacial score (nSPS) is 13.2. The van der Waals surface area contributed by atoms with Gasteiger partial charge < -0.3 is 14.2 Å². The van der Waals surface area contributed by atoms with Crippen molar-refractivity contribution in [2.24, 2.45) is 0 Å². The summed E-state index contributed by atoms with van der Waals surface area (Å²) in [5, 5.41) is 0. The van der Waals surface area contributed by atoms with Gasteiger partial charge in [0.1, 0.15) is 13.2 Å². The average Bonchev–Trinajstić information content (AvgIpc) is 3.30. The molecule has 1 atom stereocenters. The van der Waals surface area contributed by atoms with E-state index in [-0.39, 0.29) is 37.5 Å². The van der Waals surface area contributed by atoms with Crippen LogP contribution in [0.3, 0.4) is 0 Å². The fraction of sp³-hybridized carbons (Fsp3) is 0.576. The molecule has 0 fully saturated rings. The van der Waals surface area contributed by atoms with Gasteiger partial charge in [0.25, 0.3) is 0 Å². The monoisotopic (exact) mass is 897 g/mol. The SMILES string of the molecule is CC/C=C/C=C/C=C/C=C/C=C/CCCC(=O)OCC(COC(=O)CCCCCCCC/C=C/C/C=C/C/C=C/C/C=C/CC)OC(=O)CCCCCCCC/C=C/C=C/CCCCC. The maximum atomic E-state index is 12.8. The maximum Gasteiger partial charge on any atom is 0.306 e. The first kappa shape index (κ1) is 60.5. The molecule has 0 aliphatic rings. The molecule has 0 rings (SSSR count). The number of carbonyl (C=O) groups is 3. The van der Waals surface area contributed by atoms with Gasteiger partial charge in [-0.05, 0) is 96.3 Å². The topological polar surface area (TPSA) is 78.9 Å². The predicted molar refractivity (Wildman–Crippen MR) is 279 cm³/mol. The summed E-state index contributed by atoms with van der Waals surface area (Å²) in [7, 11) is 0. The Morgan fingerprint density at radius 1 is 0.338 bits per heavy atom. The summed E-state index contributed by atoms with van der Waals surface area (Å²) < 4.78 is 16.7. The van der Waals surface area contributed by atoms with E-state index in [1.165, 1.54) is 44.9 Å². The summed E-state index contributed by atoms with van der Waals surface area (Å²) in [6, 6.07) is 0. The highest BCUT2D eigenvalue weighted by molar-refractivity contribution is 5.71. The Morgan fingerprint density at radius 2 is 0.692 bits per heavy atom. The fourth-order valence-corrected chi connectivity index (χ4v) is 6.45. The molecular formula is C59H92O6. The second-order valence-electron chi connectivity index (χ2n) is 16.5. The van der Waals surface area contributed by atoms with Gasteiger partial charge in [0.2, 0.25) is 0 Å². The fourth-order valence-electron chi connectivity index (χ4n) is 6.45. The van der Waals surface area contributed by atoms with Crippen LogP contribution in [0.4, 0.5) is 0 Å². The molecule has 1 unspecified atom stereocenters. The van der Waals surface area contributed by atoms with Crippen LogP contribution in [0.25, 0.3) is 0 Å². The summed E-state index contributed by atoms with van der Waals surface area (Å²) in [4.78, 5) is 38.0. The van der Waals surface area contributed by atoms with Crippen molar-refractivity contribution in [3.05, 3.63) is 134 Å². The van der Waals surface area contributed by atoms with Gasteiger partial charge >= 0.3 is 17.9 Å². The van der Waals surface area contributed by atoms with Crippen LogP contribution < -0.4 is 0 Å². The molecule has 0 spiro atoms. The Bertz CT molecular complexity index is 1450. The molecule has 65 heavy (non-hydrogen) atoms. The van der Waals surface area contributed by atoms with E-state index in [4.69, 9.17) is 14.2 Å². The molecule has 0 aromatic carbocycles. The van der Waals surface area contributed by atoms with Crippen LogP contribution in [-0.2, 0) is 28.6 Å². The molecule has 0 amide bonds. The zero-order valence-electron chi connectivity index (χ0n) is 41.4. The van der Waals surface area contributed by atoms with Gasteiger partial charge in [-0.15, -0.1) is 0 Å². The van der Waals surface area contributed by atoms with Crippen LogP contribution >= 0.6 is 0 Å². The quantitative estimate of drug-likeness (QED) is 0.0199. The number of rotatable bonds is 44. The lowest BCUT2D eigenvalue weighted by molar-refractivity contribution is -0.167. The van der Waals surface area contributed by atoms with Crippen molar-refractivity contribution in [1.29, 1.82) is 0 Å². The zero-order chi connectivity index (χ0) is 47.2. The van der Waals surface area contributed by atoms with Crippen molar-refractivity contribution in [1.82, 2.24) is 0 Å². The minimum absolute atomic E-state index is 0.118. The Kier molecular flexibility index (Phi) is 48.6. The van der Waals surface area contributed by atoms with Crippen molar-refractivity contribution in [2.45, 2.75) is 207 Å². The van der Waals surface area contributed by atoms with E-state index in [1.54, 1.807) is 0 Å². The highest BCUT2D eigenvalue weighted by Gasteiger charge is 2.19. The Hall–Kier alpha value is -4.45. The average molecular weight is 897 g/mol. The molecule has 6 heteroatoms. The molecule has 0 aromatic rings. The van der Waals surface area contributed by atoms with E-state index in [0.717, 1.165) is 109 Å². The number of esters is 3. The van der Waals surface area contributed by atoms with Crippen molar-refractivity contribution < 1.29 is 28.6 Å². The third-order valence-electron chi connectivity index (χ3n) is 10.3. The van der Waals surface area contributed by atoms with E-state index in [2.05, 4.69) is 99.8 Å². The summed E-state index contributed by atoms with van der Waals surface area (Å²) in [5.41, 5.74) is 0. The van der Waals surface area contributed by atoms with Gasteiger partial charge in [-0.1, -0.05) is 219 Å². The smallest absolute Gasteiger partial charge is 0.306 e. The van der Waals surface area contributed by atoms with E-state index in [1.807, 2.05) is 54.7 Å². The molecule has 6 nitrogen and oxygen atoms in total. The standard InChI is InChI=1S/C59H92O6/c1-4-7-10-13-16-19-22-25-27-28-29-30-32-34-37-40-43-46-49-52-58(61)64-55-56(54-63-57(60)51-48-45-42-39-36-33-24-21-18-15-12-9-6-3)65-59(62)53-50-47-44-41-38-35-31-26-23-20-17-14-11-8-5-2/h7,9-10,12,15-21,23-27,29-30,33,36,39,42,56H,4-6,8,11,13-14,22,28,31-32,34-35,37-38,40-41,43-55H2,1-3H3/b10-7+,12-9+,18-15+,19-16+,20-17+,24-21+,26-23+,27-25+,30-29+,36-33+,42-39+. The Morgan fingerprint density at radius 3 is 1.20 bits per heavy atom. The van der Waals surface area contributed by atoms with Crippen LogP contribution in [-0.4, -0.2) is 37.2 Å². The molecule has 0 aliphatic carbocycles. The van der Waals surface area contributed by atoms with Gasteiger partial charge in [0.05, 0.1) is 0 Å². The summed E-state index contributed by atoms with van der Waals surface area (Å²) in [6.07, 6.45) is 72.9. The van der Waals surface area contributed by atoms with Crippen molar-refractivity contribution >= 4 is 17.9 Å². The van der Waals surface area contributed by atoms with E-state index < -0.39 is 6.10 Å². The number of ether oxygens (including phenoxy) is 3. The minimum Gasteiger partial charge on any atom is -0.462 e. The Balaban J connectivity index is 4.53. The lowest BCUT2D eigenvalue weighted by atomic mass is 10.1. The molecule has 0 aliphatic heterocycles. The van der Waals surface area contributed by atoms with Crippen molar-refractivity contribution in [2.75, 3.05) is 13.2 Å². The first-order chi connectivity index (χ1) is 32.0. The first-order valence-corrected chi connectivity index (χ1v) is 25.8. The van der Waals surface area contributed by atoms with Gasteiger partial charge in [0.15, 0.2) is 6.10 Å². The van der Waals surface area contributed by atoms with Crippen LogP contribution in [0.1, 0.15) is 201 Å². The van der Waals surface area contributed by atoms with Crippen LogP contribution in [0, 0.1) is 0 Å². The number of carbonyl (C=O) groups excluding carboxylic acids is 3. The molecule has 0 N–H and O–H groups in total. The number of allylic oxidation sites excluding steroid dienone is 22. The van der Waals surface area contributed by atoms with Gasteiger partial charge in [-0.3, -0.25) is 14.4 Å². The molecule has 364 valence electrons. The second-order valence-corrected chi connectivity index (χ2v) is 16.5. The molecule has 0 aromatic heterocycles. The number of hydrogen-bond donors (Lipinski definition) is 0. The summed E-state index contributed by atoms with van der Waals surface area (Å²) in [5.74, 6) is -1.03. The van der Waals surface area contributed by atoms with Gasteiger partial charge in [-0.25, -0.2) is 0 Å². The Labute approximate surface area is 398 Å². The highest BCUT2D eigenvalue weighted by Crippen LogP contribution is 2.13. The van der Waals surface area contributed by atoms with Crippen molar-refractivity contribution in [3.8, 4) is 0 Å². The molecule has 0 saturated carbocycles. The lowest BCUT2D eigenvalue weighted by Crippen LogP contribution is -2.30. The van der Waals surface area contributed by atoms with E-state index in [0.29, 0.717) is 19.3 Å². The highest BCUT2D eigenvalue weighted by atomic mass is 16.6. The number of unbranched alkanes of at least 4 members (excludes halogenated alkanes) is 16. The molecular weight excluding hydrogens is 805 g/mol. The maximum absolute atomic E-state index is 12.8. The third-order valence-corrected chi connectivity index (χ3v) is 10.3. The minimum atomic E-state index is -0.824. The summed E-state index contributed by atoms with van der Waals surface area (Å²) >= 11 is 0. The molecule has 0 saturated heterocycles. The van der Waals surface area contributed by atoms with Crippen molar-refractivity contribution in [3.63, 3.8) is 0 Å². The summed E-state index contributed by atoms with van der Waals surface area (Å²) in [6.45, 7) is 6.24. The molecule has 0 radical (unpaired) electrons. The predicted octanol–water partition coefficient (Wildman–Crippen LogP) is 17.1. The third kappa shape index (κ3) is 50.4. The van der Waals surface area contributed by atoms with Crippen LogP contribution in [0.2, 0.25) is 0 Å². The zero-order valence-corrected chi connectivity index (χ0v) is 41.4.